The molecule has 0 radical (unpaired) electrons. The average Bonchev–Trinajstić information content (AvgIpc) is 2.40. The minimum atomic E-state index is -4.22. The summed E-state index contributed by atoms with van der Waals surface area (Å²) in [4.78, 5) is 1.33. The number of nitrogens with zero attached hydrogens (tertiary/aromatic N) is 1. The number of methoxy groups -OCH3 is 1. The van der Waals surface area contributed by atoms with E-state index in [0.29, 0.717) is 31.9 Å². The number of nitrogens with one attached hydrogen (secondary N) is 1. The van der Waals surface area contributed by atoms with Crippen LogP contribution in [0.2, 0.25) is 0 Å². The van der Waals surface area contributed by atoms with Gasteiger partial charge in [-0.2, -0.15) is 13.2 Å². The first kappa shape index (κ1) is 18.3. The SMILES string of the molecule is CCN(CC(F)(F)F)c1ccc(Br)cc1CNCCOC. The molecule has 0 amide bonds. The molecule has 0 aliphatic rings. The van der Waals surface area contributed by atoms with Crippen molar-refractivity contribution in [2.45, 2.75) is 19.6 Å². The van der Waals surface area contributed by atoms with Gasteiger partial charge >= 0.3 is 6.18 Å². The third-order valence-corrected chi connectivity index (χ3v) is 3.43. The van der Waals surface area contributed by atoms with E-state index >= 15 is 0 Å². The Kier molecular flexibility index (Phi) is 7.48. The van der Waals surface area contributed by atoms with E-state index in [0.717, 1.165) is 10.0 Å². The minimum Gasteiger partial charge on any atom is -0.383 e. The number of halogens is 4. The van der Waals surface area contributed by atoms with Gasteiger partial charge in [0.1, 0.15) is 6.54 Å². The Morgan fingerprint density at radius 1 is 1.33 bits per heavy atom. The summed E-state index contributed by atoms with van der Waals surface area (Å²) in [6, 6.07) is 5.31. The highest BCUT2D eigenvalue weighted by atomic mass is 79.9. The fourth-order valence-corrected chi connectivity index (χ4v) is 2.39. The van der Waals surface area contributed by atoms with Crippen LogP contribution in [-0.4, -0.2) is 39.5 Å². The van der Waals surface area contributed by atoms with E-state index in [4.69, 9.17) is 4.74 Å². The lowest BCUT2D eigenvalue weighted by molar-refractivity contribution is -0.119. The number of hydrogen-bond donors (Lipinski definition) is 1. The van der Waals surface area contributed by atoms with Crippen LogP contribution in [0.4, 0.5) is 18.9 Å². The molecule has 1 rings (SSSR count). The third-order valence-electron chi connectivity index (χ3n) is 2.93. The summed E-state index contributed by atoms with van der Waals surface area (Å²) >= 11 is 3.36. The predicted molar refractivity (Wildman–Crippen MR) is 81.7 cm³/mol. The molecule has 0 fully saturated rings. The molecule has 7 heteroatoms. The van der Waals surface area contributed by atoms with Gasteiger partial charge in [0.2, 0.25) is 0 Å². The van der Waals surface area contributed by atoms with Crippen LogP contribution < -0.4 is 10.2 Å². The maximum atomic E-state index is 12.7. The van der Waals surface area contributed by atoms with Crippen molar-refractivity contribution in [1.82, 2.24) is 5.32 Å². The quantitative estimate of drug-likeness (QED) is 0.709. The summed E-state index contributed by atoms with van der Waals surface area (Å²) in [5, 5.41) is 3.16. The molecule has 0 unspecified atom stereocenters. The fraction of sp³-hybridized carbons (Fsp3) is 0.571. The molecule has 120 valence electrons. The molecule has 0 saturated heterocycles. The zero-order chi connectivity index (χ0) is 15.9. The average molecular weight is 369 g/mol. The first-order valence-electron chi connectivity index (χ1n) is 6.67. The van der Waals surface area contributed by atoms with Gasteiger partial charge in [-0.3, -0.25) is 0 Å². The molecule has 21 heavy (non-hydrogen) atoms. The monoisotopic (exact) mass is 368 g/mol. The highest BCUT2D eigenvalue weighted by molar-refractivity contribution is 9.10. The van der Waals surface area contributed by atoms with Gasteiger partial charge in [-0.15, -0.1) is 0 Å². The molecule has 1 aromatic rings. The molecule has 0 spiro atoms. The van der Waals surface area contributed by atoms with Crippen LogP contribution in [0.5, 0.6) is 0 Å². The molecule has 0 aliphatic heterocycles. The van der Waals surface area contributed by atoms with Crippen molar-refractivity contribution in [3.63, 3.8) is 0 Å². The van der Waals surface area contributed by atoms with Crippen molar-refractivity contribution in [3.05, 3.63) is 28.2 Å². The lowest BCUT2D eigenvalue weighted by Crippen LogP contribution is -2.35. The van der Waals surface area contributed by atoms with Crippen molar-refractivity contribution in [1.29, 1.82) is 0 Å². The van der Waals surface area contributed by atoms with Crippen LogP contribution in [0.25, 0.3) is 0 Å². The zero-order valence-electron chi connectivity index (χ0n) is 12.1. The van der Waals surface area contributed by atoms with Gasteiger partial charge in [-0.25, -0.2) is 0 Å². The summed E-state index contributed by atoms with van der Waals surface area (Å²) < 4.78 is 43.8. The van der Waals surface area contributed by atoms with E-state index in [2.05, 4.69) is 21.2 Å². The second kappa shape index (κ2) is 8.60. The van der Waals surface area contributed by atoms with Crippen molar-refractivity contribution in [3.8, 4) is 0 Å². The Morgan fingerprint density at radius 2 is 2.05 bits per heavy atom. The Balaban J connectivity index is 2.87. The van der Waals surface area contributed by atoms with Crippen LogP contribution in [0.1, 0.15) is 12.5 Å². The van der Waals surface area contributed by atoms with Crippen molar-refractivity contribution < 1.29 is 17.9 Å². The minimum absolute atomic E-state index is 0.298. The summed E-state index contributed by atoms with van der Waals surface area (Å²) in [6.07, 6.45) is -4.22. The van der Waals surface area contributed by atoms with E-state index in [1.165, 1.54) is 4.90 Å². The smallest absolute Gasteiger partial charge is 0.383 e. The van der Waals surface area contributed by atoms with E-state index in [-0.39, 0.29) is 0 Å². The topological polar surface area (TPSA) is 24.5 Å². The summed E-state index contributed by atoms with van der Waals surface area (Å²) in [5.41, 5.74) is 1.43. The normalized spacial score (nSPS) is 11.7. The van der Waals surface area contributed by atoms with E-state index in [9.17, 15) is 13.2 Å². The molecule has 0 bridgehead atoms. The number of rotatable bonds is 8. The second-order valence-corrected chi connectivity index (χ2v) is 5.49. The van der Waals surface area contributed by atoms with Crippen molar-refractivity contribution in [2.24, 2.45) is 0 Å². The number of alkyl halides is 3. The lowest BCUT2D eigenvalue weighted by Gasteiger charge is -2.27. The molecular weight excluding hydrogens is 349 g/mol. The largest absolute Gasteiger partial charge is 0.405 e. The Labute approximate surface area is 131 Å². The molecule has 0 atom stereocenters. The predicted octanol–water partition coefficient (Wildman–Crippen LogP) is 3.57. The molecular formula is C14H20BrF3N2O. The fourth-order valence-electron chi connectivity index (χ4n) is 1.99. The van der Waals surface area contributed by atoms with E-state index < -0.39 is 12.7 Å². The van der Waals surface area contributed by atoms with Crippen LogP contribution >= 0.6 is 15.9 Å². The van der Waals surface area contributed by atoms with Gasteiger partial charge < -0.3 is 15.0 Å². The first-order valence-corrected chi connectivity index (χ1v) is 7.46. The number of benzene rings is 1. The molecule has 0 aromatic heterocycles. The Hall–Kier alpha value is -0.790. The molecule has 1 aromatic carbocycles. The summed E-state index contributed by atoms with van der Waals surface area (Å²) in [7, 11) is 1.61. The summed E-state index contributed by atoms with van der Waals surface area (Å²) in [5.74, 6) is 0. The Morgan fingerprint density at radius 3 is 2.62 bits per heavy atom. The molecule has 0 saturated carbocycles. The molecule has 0 heterocycles. The highest BCUT2D eigenvalue weighted by Crippen LogP contribution is 2.27. The van der Waals surface area contributed by atoms with Gasteiger partial charge in [0.05, 0.1) is 6.61 Å². The van der Waals surface area contributed by atoms with Gasteiger partial charge in [-0.1, -0.05) is 15.9 Å². The third kappa shape index (κ3) is 6.67. The van der Waals surface area contributed by atoms with Gasteiger partial charge in [0.25, 0.3) is 0 Å². The van der Waals surface area contributed by atoms with Crippen LogP contribution in [-0.2, 0) is 11.3 Å². The standard InChI is InChI=1S/C14H20BrF3N2O/c1-3-20(10-14(16,17)18)13-5-4-12(15)8-11(13)9-19-6-7-21-2/h4-5,8,19H,3,6-7,9-10H2,1-2H3. The lowest BCUT2D eigenvalue weighted by atomic mass is 10.1. The van der Waals surface area contributed by atoms with Crippen LogP contribution in [0, 0.1) is 0 Å². The van der Waals surface area contributed by atoms with Gasteiger partial charge in [-0.05, 0) is 30.7 Å². The van der Waals surface area contributed by atoms with Crippen molar-refractivity contribution in [2.75, 3.05) is 38.3 Å². The van der Waals surface area contributed by atoms with Gasteiger partial charge in [0, 0.05) is 36.9 Å². The molecule has 3 nitrogen and oxygen atoms in total. The number of hydrogen-bond acceptors (Lipinski definition) is 3. The molecule has 0 aliphatic carbocycles. The highest BCUT2D eigenvalue weighted by Gasteiger charge is 2.31. The van der Waals surface area contributed by atoms with E-state index in [1.54, 1.807) is 26.2 Å². The maximum Gasteiger partial charge on any atom is 0.405 e. The first-order chi connectivity index (χ1) is 9.87. The van der Waals surface area contributed by atoms with Gasteiger partial charge in [0.15, 0.2) is 0 Å². The molecule has 1 N–H and O–H groups in total. The zero-order valence-corrected chi connectivity index (χ0v) is 13.7. The Bertz CT molecular complexity index is 441. The van der Waals surface area contributed by atoms with Crippen LogP contribution in [0.3, 0.4) is 0 Å². The van der Waals surface area contributed by atoms with E-state index in [1.807, 2.05) is 6.07 Å². The number of ether oxygens (including phenoxy) is 1. The van der Waals surface area contributed by atoms with Crippen molar-refractivity contribution >= 4 is 21.6 Å². The maximum absolute atomic E-state index is 12.7. The number of anilines is 1. The second-order valence-electron chi connectivity index (χ2n) is 4.57. The van der Waals surface area contributed by atoms with Crippen LogP contribution in [0.15, 0.2) is 22.7 Å². The summed E-state index contributed by atoms with van der Waals surface area (Å²) in [6.45, 7) is 2.77.